The molecule has 0 radical (unpaired) electrons. The van der Waals surface area contributed by atoms with Crippen molar-refractivity contribution in [2.75, 3.05) is 7.11 Å². The monoisotopic (exact) mass is 246 g/mol. The van der Waals surface area contributed by atoms with E-state index in [4.69, 9.17) is 4.74 Å². The van der Waals surface area contributed by atoms with Crippen LogP contribution in [0.1, 0.15) is 25.3 Å². The van der Waals surface area contributed by atoms with Gasteiger partial charge in [0, 0.05) is 6.42 Å². The van der Waals surface area contributed by atoms with Crippen LogP contribution in [0.25, 0.3) is 6.08 Å². The van der Waals surface area contributed by atoms with Gasteiger partial charge in [-0.05, 0) is 30.2 Å². The number of rotatable bonds is 6. The molecule has 1 rings (SSSR count). The molecule has 1 N–H and O–H groups in total. The third-order valence-corrected chi connectivity index (χ3v) is 2.38. The van der Waals surface area contributed by atoms with Gasteiger partial charge >= 0.3 is 0 Å². The molecule has 0 saturated carbocycles. The number of carbonyl (C=O) groups is 1. The maximum absolute atomic E-state index is 11.2. The van der Waals surface area contributed by atoms with Crippen LogP contribution >= 0.6 is 0 Å². The Morgan fingerprint density at radius 1 is 1.39 bits per heavy atom. The molecule has 0 aliphatic heterocycles. The van der Waals surface area contributed by atoms with E-state index < -0.39 is 0 Å². The fourth-order valence-corrected chi connectivity index (χ4v) is 1.47. The minimum Gasteiger partial charge on any atom is -0.504 e. The molecule has 0 bridgehead atoms. The summed E-state index contributed by atoms with van der Waals surface area (Å²) in [6.45, 7) is 1.97. The van der Waals surface area contributed by atoms with Crippen LogP contribution in [0.15, 0.2) is 36.4 Å². The van der Waals surface area contributed by atoms with Crippen molar-refractivity contribution in [1.29, 1.82) is 0 Å². The summed E-state index contributed by atoms with van der Waals surface area (Å²) in [6, 6.07) is 5.13. The van der Waals surface area contributed by atoms with E-state index in [0.717, 1.165) is 12.0 Å². The molecule has 0 fully saturated rings. The highest BCUT2D eigenvalue weighted by atomic mass is 16.5. The van der Waals surface area contributed by atoms with Crippen molar-refractivity contribution in [1.82, 2.24) is 0 Å². The van der Waals surface area contributed by atoms with Crippen LogP contribution < -0.4 is 4.74 Å². The molecule has 0 heterocycles. The van der Waals surface area contributed by atoms with Gasteiger partial charge in [0.1, 0.15) is 0 Å². The zero-order valence-electron chi connectivity index (χ0n) is 10.7. The fourth-order valence-electron chi connectivity index (χ4n) is 1.47. The van der Waals surface area contributed by atoms with Gasteiger partial charge in [-0.1, -0.05) is 31.2 Å². The van der Waals surface area contributed by atoms with Gasteiger partial charge in [0.15, 0.2) is 17.3 Å². The van der Waals surface area contributed by atoms with E-state index in [0.29, 0.717) is 12.2 Å². The van der Waals surface area contributed by atoms with Crippen LogP contribution in [0.3, 0.4) is 0 Å². The van der Waals surface area contributed by atoms with Crippen LogP contribution in [0, 0.1) is 0 Å². The molecular formula is C15H18O3. The summed E-state index contributed by atoms with van der Waals surface area (Å²) in [4.78, 5) is 11.2. The van der Waals surface area contributed by atoms with E-state index in [-0.39, 0.29) is 11.5 Å². The average Bonchev–Trinajstić information content (AvgIpc) is 2.35. The predicted octanol–water partition coefficient (Wildman–Crippen LogP) is 3.34. The van der Waals surface area contributed by atoms with Crippen LogP contribution in [-0.2, 0) is 4.79 Å². The first-order valence-corrected chi connectivity index (χ1v) is 5.92. The molecule has 0 aromatic heterocycles. The Kier molecular flexibility index (Phi) is 5.71. The SMILES string of the molecule is CCCC(=O)C=CC=Cc1ccc(OC)c(O)c1. The number of carbonyl (C=O) groups excluding carboxylic acids is 1. The van der Waals surface area contributed by atoms with Crippen molar-refractivity contribution < 1.29 is 14.6 Å². The highest BCUT2D eigenvalue weighted by Crippen LogP contribution is 2.26. The largest absolute Gasteiger partial charge is 0.504 e. The lowest BCUT2D eigenvalue weighted by Gasteiger charge is -2.02. The first-order valence-electron chi connectivity index (χ1n) is 5.92. The van der Waals surface area contributed by atoms with Gasteiger partial charge in [-0.3, -0.25) is 4.79 Å². The number of methoxy groups -OCH3 is 1. The summed E-state index contributed by atoms with van der Waals surface area (Å²) in [7, 11) is 1.51. The quantitative estimate of drug-likeness (QED) is 0.618. The molecule has 0 spiro atoms. The maximum Gasteiger partial charge on any atom is 0.160 e. The van der Waals surface area contributed by atoms with Crippen molar-refractivity contribution in [2.45, 2.75) is 19.8 Å². The Morgan fingerprint density at radius 3 is 2.78 bits per heavy atom. The standard InChI is InChI=1S/C15H18O3/c1-3-6-13(16)8-5-4-7-12-9-10-15(18-2)14(17)11-12/h4-5,7-11,17H,3,6H2,1-2H3. The number of hydrogen-bond acceptors (Lipinski definition) is 3. The van der Waals surface area contributed by atoms with Crippen molar-refractivity contribution in [3.05, 3.63) is 42.0 Å². The Labute approximate surface area is 107 Å². The van der Waals surface area contributed by atoms with Gasteiger partial charge in [0.2, 0.25) is 0 Å². The molecule has 96 valence electrons. The Bertz CT molecular complexity index is 459. The van der Waals surface area contributed by atoms with Gasteiger partial charge < -0.3 is 9.84 Å². The Balaban J connectivity index is 2.62. The third-order valence-electron chi connectivity index (χ3n) is 2.38. The smallest absolute Gasteiger partial charge is 0.160 e. The maximum atomic E-state index is 11.2. The van der Waals surface area contributed by atoms with Crippen molar-refractivity contribution in [3.8, 4) is 11.5 Å². The van der Waals surface area contributed by atoms with E-state index in [2.05, 4.69) is 0 Å². The topological polar surface area (TPSA) is 46.5 Å². The lowest BCUT2D eigenvalue weighted by molar-refractivity contribution is -0.114. The van der Waals surface area contributed by atoms with Gasteiger partial charge in [0.25, 0.3) is 0 Å². The number of benzene rings is 1. The van der Waals surface area contributed by atoms with Gasteiger partial charge in [-0.2, -0.15) is 0 Å². The number of ketones is 1. The first-order chi connectivity index (χ1) is 8.67. The van der Waals surface area contributed by atoms with Gasteiger partial charge in [0.05, 0.1) is 7.11 Å². The molecule has 0 atom stereocenters. The van der Waals surface area contributed by atoms with E-state index in [1.54, 1.807) is 30.4 Å². The molecular weight excluding hydrogens is 228 g/mol. The molecule has 18 heavy (non-hydrogen) atoms. The van der Waals surface area contributed by atoms with Crippen LogP contribution in [0.5, 0.6) is 11.5 Å². The number of ether oxygens (including phenoxy) is 1. The van der Waals surface area contributed by atoms with Crippen molar-refractivity contribution >= 4 is 11.9 Å². The minimum absolute atomic E-state index is 0.102. The second-order valence-corrected chi connectivity index (χ2v) is 3.87. The predicted molar refractivity (Wildman–Crippen MR) is 72.7 cm³/mol. The first kappa shape index (κ1) is 14.0. The molecule has 3 heteroatoms. The fraction of sp³-hybridized carbons (Fsp3) is 0.267. The summed E-state index contributed by atoms with van der Waals surface area (Å²) < 4.78 is 4.95. The van der Waals surface area contributed by atoms with E-state index in [9.17, 15) is 9.90 Å². The molecule has 1 aromatic rings. The lowest BCUT2D eigenvalue weighted by atomic mass is 10.1. The van der Waals surface area contributed by atoms with E-state index in [1.165, 1.54) is 7.11 Å². The number of allylic oxidation sites excluding steroid dienone is 3. The number of hydrogen-bond donors (Lipinski definition) is 1. The van der Waals surface area contributed by atoms with Gasteiger partial charge in [-0.15, -0.1) is 0 Å². The van der Waals surface area contributed by atoms with E-state index >= 15 is 0 Å². The lowest BCUT2D eigenvalue weighted by Crippen LogP contribution is -1.88. The average molecular weight is 246 g/mol. The van der Waals surface area contributed by atoms with Crippen molar-refractivity contribution in [2.24, 2.45) is 0 Å². The summed E-state index contributed by atoms with van der Waals surface area (Å²) in [5.41, 5.74) is 0.848. The molecule has 0 unspecified atom stereocenters. The second-order valence-electron chi connectivity index (χ2n) is 3.87. The number of aromatic hydroxyl groups is 1. The Morgan fingerprint density at radius 2 is 2.17 bits per heavy atom. The summed E-state index contributed by atoms with van der Waals surface area (Å²) in [5.74, 6) is 0.672. The third kappa shape index (κ3) is 4.45. The summed E-state index contributed by atoms with van der Waals surface area (Å²) in [5, 5.41) is 9.58. The van der Waals surface area contributed by atoms with E-state index in [1.807, 2.05) is 19.1 Å². The zero-order valence-corrected chi connectivity index (χ0v) is 10.7. The second kappa shape index (κ2) is 7.33. The Hall–Kier alpha value is -2.03. The molecule has 0 aliphatic carbocycles. The minimum atomic E-state index is 0.102. The van der Waals surface area contributed by atoms with Crippen molar-refractivity contribution in [3.63, 3.8) is 0 Å². The molecule has 3 nitrogen and oxygen atoms in total. The number of phenols is 1. The zero-order chi connectivity index (χ0) is 13.4. The molecule has 1 aromatic carbocycles. The summed E-state index contributed by atoms with van der Waals surface area (Å²) in [6.07, 6.45) is 8.29. The number of phenolic OH excluding ortho intramolecular Hbond substituents is 1. The van der Waals surface area contributed by atoms with Crippen LogP contribution in [0.2, 0.25) is 0 Å². The summed E-state index contributed by atoms with van der Waals surface area (Å²) >= 11 is 0. The molecule has 0 aliphatic rings. The molecule has 0 amide bonds. The highest BCUT2D eigenvalue weighted by molar-refractivity contribution is 5.89. The van der Waals surface area contributed by atoms with Gasteiger partial charge in [-0.25, -0.2) is 0 Å². The van der Waals surface area contributed by atoms with Crippen LogP contribution in [0.4, 0.5) is 0 Å². The normalized spacial score (nSPS) is 11.2. The molecule has 0 saturated heterocycles. The highest BCUT2D eigenvalue weighted by Gasteiger charge is 1.99. The van der Waals surface area contributed by atoms with Crippen LogP contribution in [-0.4, -0.2) is 18.0 Å².